The number of nitrogens with zero attached hydrogens (tertiary/aromatic N) is 1. The van der Waals surface area contributed by atoms with Gasteiger partial charge in [-0.05, 0) is 18.8 Å². The maximum absolute atomic E-state index is 13.1. The van der Waals surface area contributed by atoms with Crippen molar-refractivity contribution < 1.29 is 39.0 Å². The van der Waals surface area contributed by atoms with Crippen LogP contribution in [-0.4, -0.2) is 79.9 Å². The number of amides is 4. The Morgan fingerprint density at radius 1 is 0.944 bits per heavy atom. The quantitative estimate of drug-likeness (QED) is 0.117. The molecule has 0 aromatic carbocycles. The van der Waals surface area contributed by atoms with Crippen LogP contribution in [0.1, 0.15) is 45.2 Å². The molecule has 0 radical (unpaired) electrons. The zero-order chi connectivity index (χ0) is 27.4. The van der Waals surface area contributed by atoms with E-state index in [2.05, 4.69) is 25.9 Å². The monoisotopic (exact) mass is 511 g/mol. The lowest BCUT2D eigenvalue weighted by Gasteiger charge is -2.27. The molecule has 0 bridgehead atoms. The van der Waals surface area contributed by atoms with Crippen LogP contribution in [0.4, 0.5) is 0 Å². The molecule has 0 aliphatic heterocycles. The summed E-state index contributed by atoms with van der Waals surface area (Å²) in [6, 6.07) is -5.00. The fourth-order valence-electron chi connectivity index (χ4n) is 3.11. The van der Waals surface area contributed by atoms with Crippen molar-refractivity contribution in [1.82, 2.24) is 25.9 Å². The van der Waals surface area contributed by atoms with Gasteiger partial charge in [-0.15, -0.1) is 0 Å². The number of carbonyl (C=O) groups excluding carboxylic acids is 4. The normalized spacial score (nSPS) is 14.2. The third-order valence-electron chi connectivity index (χ3n) is 5.16. The average Bonchev–Trinajstić information content (AvgIpc) is 3.30. The van der Waals surface area contributed by atoms with E-state index in [0.29, 0.717) is 5.69 Å². The largest absolute Gasteiger partial charge is 0.481 e. The molecular formula is C21H33N7O8. The van der Waals surface area contributed by atoms with Crippen molar-refractivity contribution in [1.29, 1.82) is 0 Å². The maximum atomic E-state index is 13.1. The highest BCUT2D eigenvalue weighted by Gasteiger charge is 2.32. The molecule has 0 saturated carbocycles. The van der Waals surface area contributed by atoms with Gasteiger partial charge in [0.05, 0.1) is 12.4 Å². The van der Waals surface area contributed by atoms with Crippen LogP contribution in [0.2, 0.25) is 0 Å². The number of nitrogens with two attached hydrogens (primary N) is 2. The van der Waals surface area contributed by atoms with Crippen LogP contribution in [0, 0.1) is 5.92 Å². The summed E-state index contributed by atoms with van der Waals surface area (Å²) in [5.74, 6) is -6.06. The average molecular weight is 512 g/mol. The first-order valence-electron chi connectivity index (χ1n) is 11.2. The van der Waals surface area contributed by atoms with Crippen molar-refractivity contribution in [2.45, 2.75) is 70.1 Å². The van der Waals surface area contributed by atoms with Crippen LogP contribution in [0.3, 0.4) is 0 Å². The lowest BCUT2D eigenvalue weighted by atomic mass is 10.0. The third-order valence-corrected chi connectivity index (χ3v) is 5.16. The Hall–Kier alpha value is -4.01. The summed E-state index contributed by atoms with van der Waals surface area (Å²) >= 11 is 0. The fourth-order valence-corrected chi connectivity index (χ4v) is 3.11. The SMILES string of the molecule is CC(C)C(NC(=O)C(Cc1cnc[nH]1)NC(=O)C(N)CCC(=O)O)C(=O)NC(CCC(N)=O)C(=O)O. The standard InChI is InChI=1S/C21H33N7O8/c1-10(2)17(20(34)26-13(21(35)36)4-5-15(23)29)28-19(33)14(7-11-8-24-9-25-11)27-18(32)12(22)3-6-16(30)31/h8-10,12-14,17H,3-7,22H2,1-2H3,(H2,23,29)(H,24,25)(H,26,34)(H,27,32)(H,28,33)(H,30,31)(H,35,36). The van der Waals surface area contributed by atoms with Crippen LogP contribution in [0.25, 0.3) is 0 Å². The van der Waals surface area contributed by atoms with Crippen LogP contribution in [-0.2, 0) is 35.2 Å². The van der Waals surface area contributed by atoms with Gasteiger partial charge in [0.1, 0.15) is 18.1 Å². The van der Waals surface area contributed by atoms with Crippen molar-refractivity contribution in [3.05, 3.63) is 18.2 Å². The minimum absolute atomic E-state index is 0.0496. The van der Waals surface area contributed by atoms with Gasteiger partial charge in [0.2, 0.25) is 23.6 Å². The van der Waals surface area contributed by atoms with Gasteiger partial charge in [-0.1, -0.05) is 13.8 Å². The number of aromatic nitrogens is 2. The number of H-pyrrole nitrogens is 1. The predicted molar refractivity (Wildman–Crippen MR) is 124 cm³/mol. The predicted octanol–water partition coefficient (Wildman–Crippen LogP) is -2.40. The first-order valence-corrected chi connectivity index (χ1v) is 11.2. The summed E-state index contributed by atoms with van der Waals surface area (Å²) in [5.41, 5.74) is 11.3. The molecule has 10 N–H and O–H groups in total. The molecule has 0 fully saturated rings. The Kier molecular flexibility index (Phi) is 12.0. The molecule has 4 unspecified atom stereocenters. The fraction of sp³-hybridized carbons (Fsp3) is 0.571. The van der Waals surface area contributed by atoms with Crippen LogP contribution >= 0.6 is 0 Å². The van der Waals surface area contributed by atoms with Gasteiger partial charge in [-0.3, -0.25) is 24.0 Å². The number of aliphatic carboxylic acids is 2. The lowest BCUT2D eigenvalue weighted by Crippen LogP contribution is -2.59. The summed E-state index contributed by atoms with van der Waals surface area (Å²) in [4.78, 5) is 78.3. The van der Waals surface area contributed by atoms with E-state index in [4.69, 9.17) is 16.6 Å². The Bertz CT molecular complexity index is 935. The van der Waals surface area contributed by atoms with Gasteiger partial charge in [-0.2, -0.15) is 0 Å². The Labute approximate surface area is 206 Å². The molecule has 1 heterocycles. The van der Waals surface area contributed by atoms with Crippen LogP contribution in [0.15, 0.2) is 12.5 Å². The topological polar surface area (TPSA) is 260 Å². The number of aromatic amines is 1. The highest BCUT2D eigenvalue weighted by atomic mass is 16.4. The molecule has 4 atom stereocenters. The Balaban J connectivity index is 2.99. The molecule has 200 valence electrons. The second kappa shape index (κ2) is 14.4. The number of carboxylic acid groups (broad SMARTS) is 2. The molecule has 0 spiro atoms. The number of hydrogen-bond acceptors (Lipinski definition) is 8. The van der Waals surface area contributed by atoms with Gasteiger partial charge >= 0.3 is 11.9 Å². The van der Waals surface area contributed by atoms with E-state index < -0.39 is 65.7 Å². The number of carbonyl (C=O) groups is 6. The van der Waals surface area contributed by atoms with Crippen molar-refractivity contribution >= 4 is 35.6 Å². The van der Waals surface area contributed by atoms with E-state index in [1.165, 1.54) is 12.5 Å². The van der Waals surface area contributed by atoms with E-state index in [1.54, 1.807) is 13.8 Å². The molecule has 36 heavy (non-hydrogen) atoms. The van der Waals surface area contributed by atoms with Crippen molar-refractivity contribution in [3.63, 3.8) is 0 Å². The van der Waals surface area contributed by atoms with Crippen LogP contribution in [0.5, 0.6) is 0 Å². The number of primary amides is 1. The summed E-state index contributed by atoms with van der Waals surface area (Å²) < 4.78 is 0. The van der Waals surface area contributed by atoms with E-state index in [1.807, 2.05) is 0 Å². The lowest BCUT2D eigenvalue weighted by molar-refractivity contribution is -0.143. The van der Waals surface area contributed by atoms with E-state index >= 15 is 0 Å². The highest BCUT2D eigenvalue weighted by molar-refractivity contribution is 5.94. The van der Waals surface area contributed by atoms with E-state index in [0.717, 1.165) is 0 Å². The zero-order valence-corrected chi connectivity index (χ0v) is 20.0. The molecule has 0 saturated heterocycles. The minimum Gasteiger partial charge on any atom is -0.481 e. The van der Waals surface area contributed by atoms with Gasteiger partial charge in [0.25, 0.3) is 0 Å². The molecule has 1 aromatic rings. The first kappa shape index (κ1) is 30.0. The molecule has 1 rings (SSSR count). The van der Waals surface area contributed by atoms with Crippen molar-refractivity contribution in [3.8, 4) is 0 Å². The van der Waals surface area contributed by atoms with Gasteiger partial charge < -0.3 is 42.6 Å². The molecule has 15 nitrogen and oxygen atoms in total. The summed E-state index contributed by atoms with van der Waals surface area (Å²) in [6.45, 7) is 3.24. The minimum atomic E-state index is -1.41. The molecule has 0 aliphatic rings. The summed E-state index contributed by atoms with van der Waals surface area (Å²) in [5, 5.41) is 25.4. The molecule has 4 amide bonds. The molecule has 15 heteroatoms. The Morgan fingerprint density at radius 2 is 1.58 bits per heavy atom. The smallest absolute Gasteiger partial charge is 0.326 e. The third kappa shape index (κ3) is 10.5. The number of nitrogens with one attached hydrogen (secondary N) is 4. The number of hydrogen-bond donors (Lipinski definition) is 8. The van der Waals surface area contributed by atoms with Gasteiger partial charge in [0.15, 0.2) is 0 Å². The number of rotatable bonds is 16. The molecular weight excluding hydrogens is 478 g/mol. The number of imidazole rings is 1. The zero-order valence-electron chi connectivity index (χ0n) is 20.0. The second-order valence-corrected chi connectivity index (χ2v) is 8.52. The summed E-state index contributed by atoms with van der Waals surface area (Å²) in [7, 11) is 0. The maximum Gasteiger partial charge on any atom is 0.326 e. The Morgan fingerprint density at radius 3 is 2.08 bits per heavy atom. The van der Waals surface area contributed by atoms with Gasteiger partial charge in [0, 0.05) is 31.2 Å². The van der Waals surface area contributed by atoms with E-state index in [-0.39, 0.29) is 32.1 Å². The van der Waals surface area contributed by atoms with Crippen LogP contribution < -0.4 is 27.4 Å². The van der Waals surface area contributed by atoms with Gasteiger partial charge in [-0.25, -0.2) is 9.78 Å². The first-order chi connectivity index (χ1) is 16.8. The molecule has 1 aromatic heterocycles. The second-order valence-electron chi connectivity index (χ2n) is 8.52. The van der Waals surface area contributed by atoms with Crippen molar-refractivity contribution in [2.75, 3.05) is 0 Å². The van der Waals surface area contributed by atoms with E-state index in [9.17, 15) is 33.9 Å². The highest BCUT2D eigenvalue weighted by Crippen LogP contribution is 2.07. The van der Waals surface area contributed by atoms with Crippen molar-refractivity contribution in [2.24, 2.45) is 17.4 Å². The summed E-state index contributed by atoms with van der Waals surface area (Å²) in [6.07, 6.45) is 1.75. The number of carboxylic acids is 2. The molecule has 0 aliphatic carbocycles.